The fraction of sp³-hybridized carbons (Fsp3) is 0.250. The molecule has 0 radical (unpaired) electrons. The molecule has 0 heterocycles. The lowest BCUT2D eigenvalue weighted by Gasteiger charge is -2.16. The molecule has 0 aliphatic rings. The minimum Gasteiger partial charge on any atom is -0.493 e. The third-order valence-corrected chi connectivity index (χ3v) is 3.30. The number of halogens is 1. The van der Waals surface area contributed by atoms with Crippen molar-refractivity contribution in [3.8, 4) is 17.2 Å². The van der Waals surface area contributed by atoms with Gasteiger partial charge in [0.25, 0.3) is 0 Å². The van der Waals surface area contributed by atoms with E-state index >= 15 is 0 Å². The normalized spacial score (nSPS) is 11.8. The fourth-order valence-electron chi connectivity index (χ4n) is 1.92. The van der Waals surface area contributed by atoms with E-state index in [1.54, 1.807) is 26.4 Å². The zero-order chi connectivity index (χ0) is 15.2. The number of hydrogen-bond donors (Lipinski definition) is 1. The summed E-state index contributed by atoms with van der Waals surface area (Å²) in [6.07, 6.45) is 0. The molecule has 0 aliphatic carbocycles. The molecule has 112 valence electrons. The predicted octanol–water partition coefficient (Wildman–Crippen LogP) is 3.44. The Bertz CT molecular complexity index is 604. The molecule has 0 amide bonds. The Morgan fingerprint density at radius 3 is 2.48 bits per heavy atom. The second-order valence-corrected chi connectivity index (χ2v) is 4.93. The molecule has 2 rings (SSSR count). The van der Waals surface area contributed by atoms with E-state index in [0.29, 0.717) is 28.9 Å². The topological polar surface area (TPSA) is 53.7 Å². The van der Waals surface area contributed by atoms with Crippen molar-refractivity contribution in [3.63, 3.8) is 0 Å². The van der Waals surface area contributed by atoms with Crippen LogP contribution in [0.5, 0.6) is 17.2 Å². The summed E-state index contributed by atoms with van der Waals surface area (Å²) in [6, 6.07) is 12.5. The third kappa shape index (κ3) is 4.03. The molecular weight excluding hydrogens is 290 g/mol. The van der Waals surface area contributed by atoms with Crippen molar-refractivity contribution in [1.82, 2.24) is 0 Å². The summed E-state index contributed by atoms with van der Waals surface area (Å²) in [5.41, 5.74) is 7.05. The van der Waals surface area contributed by atoms with E-state index < -0.39 is 0 Å². The maximum absolute atomic E-state index is 6.14. The van der Waals surface area contributed by atoms with Gasteiger partial charge in [-0.3, -0.25) is 0 Å². The molecule has 2 N–H and O–H groups in total. The highest BCUT2D eigenvalue weighted by atomic mass is 35.5. The van der Waals surface area contributed by atoms with E-state index in [1.807, 2.05) is 30.3 Å². The molecule has 2 aromatic rings. The van der Waals surface area contributed by atoms with E-state index in [4.69, 9.17) is 31.5 Å². The minimum atomic E-state index is -0.274. The second-order valence-electron chi connectivity index (χ2n) is 4.49. The molecule has 1 atom stereocenters. The van der Waals surface area contributed by atoms with Gasteiger partial charge in [0, 0.05) is 5.02 Å². The van der Waals surface area contributed by atoms with Gasteiger partial charge in [-0.25, -0.2) is 0 Å². The minimum absolute atomic E-state index is 0.274. The predicted molar refractivity (Wildman–Crippen MR) is 83.4 cm³/mol. The first kappa shape index (κ1) is 15.5. The number of methoxy groups -OCH3 is 2. The van der Waals surface area contributed by atoms with Crippen molar-refractivity contribution in [2.45, 2.75) is 6.04 Å². The van der Waals surface area contributed by atoms with Gasteiger partial charge >= 0.3 is 0 Å². The largest absolute Gasteiger partial charge is 0.493 e. The Kier molecular flexibility index (Phi) is 5.31. The van der Waals surface area contributed by atoms with Crippen molar-refractivity contribution in [3.05, 3.63) is 53.1 Å². The zero-order valence-corrected chi connectivity index (χ0v) is 12.8. The summed E-state index contributed by atoms with van der Waals surface area (Å²) in [5.74, 6) is 2.01. The quantitative estimate of drug-likeness (QED) is 0.888. The summed E-state index contributed by atoms with van der Waals surface area (Å²) in [5, 5.41) is 0.632. The maximum atomic E-state index is 6.14. The monoisotopic (exact) mass is 307 g/mol. The lowest BCUT2D eigenvalue weighted by molar-refractivity contribution is 0.290. The first-order valence-corrected chi connectivity index (χ1v) is 6.87. The summed E-state index contributed by atoms with van der Waals surface area (Å²) in [4.78, 5) is 0. The van der Waals surface area contributed by atoms with Gasteiger partial charge in [-0.05, 0) is 35.9 Å². The summed E-state index contributed by atoms with van der Waals surface area (Å²) >= 11 is 5.91. The Balaban J connectivity index is 2.04. The van der Waals surface area contributed by atoms with Crippen LogP contribution >= 0.6 is 11.6 Å². The van der Waals surface area contributed by atoms with Gasteiger partial charge in [-0.2, -0.15) is 0 Å². The lowest BCUT2D eigenvalue weighted by atomic mass is 10.1. The van der Waals surface area contributed by atoms with Crippen LogP contribution in [0.1, 0.15) is 11.6 Å². The van der Waals surface area contributed by atoms with E-state index in [2.05, 4.69) is 0 Å². The molecule has 21 heavy (non-hydrogen) atoms. The fourth-order valence-corrected chi connectivity index (χ4v) is 2.10. The van der Waals surface area contributed by atoms with Crippen LogP contribution in [0.25, 0.3) is 0 Å². The Hall–Kier alpha value is -1.91. The van der Waals surface area contributed by atoms with Crippen LogP contribution in [0.15, 0.2) is 42.5 Å². The SMILES string of the molecule is COc1ccc(C(N)COc2cccc(Cl)c2)cc1OC. The first-order valence-electron chi connectivity index (χ1n) is 6.50. The van der Waals surface area contributed by atoms with Crippen molar-refractivity contribution in [2.24, 2.45) is 5.73 Å². The molecule has 0 aliphatic heterocycles. The van der Waals surface area contributed by atoms with Crippen LogP contribution in [0.3, 0.4) is 0 Å². The molecule has 0 saturated carbocycles. The molecule has 5 heteroatoms. The molecule has 0 bridgehead atoms. The highest BCUT2D eigenvalue weighted by Crippen LogP contribution is 2.29. The molecule has 0 spiro atoms. The smallest absolute Gasteiger partial charge is 0.161 e. The van der Waals surface area contributed by atoms with Gasteiger partial charge in [0.2, 0.25) is 0 Å². The van der Waals surface area contributed by atoms with E-state index in [-0.39, 0.29) is 6.04 Å². The van der Waals surface area contributed by atoms with E-state index in [1.165, 1.54) is 0 Å². The van der Waals surface area contributed by atoms with Crippen molar-refractivity contribution in [2.75, 3.05) is 20.8 Å². The highest BCUT2D eigenvalue weighted by Gasteiger charge is 2.11. The van der Waals surface area contributed by atoms with E-state index in [0.717, 1.165) is 5.56 Å². The van der Waals surface area contributed by atoms with Crippen LogP contribution in [0.2, 0.25) is 5.02 Å². The molecule has 4 nitrogen and oxygen atoms in total. The highest BCUT2D eigenvalue weighted by molar-refractivity contribution is 6.30. The number of rotatable bonds is 6. The average molecular weight is 308 g/mol. The van der Waals surface area contributed by atoms with E-state index in [9.17, 15) is 0 Å². The van der Waals surface area contributed by atoms with Gasteiger partial charge in [-0.15, -0.1) is 0 Å². The first-order chi connectivity index (χ1) is 10.1. The Morgan fingerprint density at radius 2 is 1.81 bits per heavy atom. The molecule has 1 unspecified atom stereocenters. The van der Waals surface area contributed by atoms with Crippen LogP contribution in [0, 0.1) is 0 Å². The van der Waals surface area contributed by atoms with Crippen LogP contribution in [0.4, 0.5) is 0 Å². The van der Waals surface area contributed by atoms with Gasteiger partial charge in [0.05, 0.1) is 20.3 Å². The number of nitrogens with two attached hydrogens (primary N) is 1. The molecular formula is C16H18ClNO3. The van der Waals surface area contributed by atoms with Gasteiger partial charge in [0.15, 0.2) is 11.5 Å². The molecule has 0 fully saturated rings. The van der Waals surface area contributed by atoms with Crippen molar-refractivity contribution < 1.29 is 14.2 Å². The van der Waals surface area contributed by atoms with Crippen LogP contribution < -0.4 is 19.9 Å². The Morgan fingerprint density at radius 1 is 1.05 bits per heavy atom. The second kappa shape index (κ2) is 7.20. The number of ether oxygens (including phenoxy) is 3. The molecule has 0 saturated heterocycles. The maximum Gasteiger partial charge on any atom is 0.161 e. The standard InChI is InChI=1S/C16H18ClNO3/c1-19-15-7-6-11(8-16(15)20-2)14(18)10-21-13-5-3-4-12(17)9-13/h3-9,14H,10,18H2,1-2H3. The summed E-state index contributed by atoms with van der Waals surface area (Å²) in [6.45, 7) is 0.343. The average Bonchev–Trinajstić information content (AvgIpc) is 2.52. The Labute approximate surface area is 129 Å². The van der Waals surface area contributed by atoms with Gasteiger partial charge in [-0.1, -0.05) is 23.7 Å². The molecule has 2 aromatic carbocycles. The zero-order valence-electron chi connectivity index (χ0n) is 12.0. The lowest BCUT2D eigenvalue weighted by Crippen LogP contribution is -2.19. The third-order valence-electron chi connectivity index (χ3n) is 3.06. The number of benzene rings is 2. The van der Waals surface area contributed by atoms with Gasteiger partial charge in [0.1, 0.15) is 12.4 Å². The summed E-state index contributed by atoms with van der Waals surface area (Å²) in [7, 11) is 3.19. The molecule has 0 aromatic heterocycles. The number of hydrogen-bond acceptors (Lipinski definition) is 4. The summed E-state index contributed by atoms with van der Waals surface area (Å²) < 4.78 is 16.1. The van der Waals surface area contributed by atoms with Crippen LogP contribution in [-0.2, 0) is 0 Å². The van der Waals surface area contributed by atoms with Crippen molar-refractivity contribution >= 4 is 11.6 Å². The van der Waals surface area contributed by atoms with Gasteiger partial charge < -0.3 is 19.9 Å². The van der Waals surface area contributed by atoms with Crippen molar-refractivity contribution in [1.29, 1.82) is 0 Å². The van der Waals surface area contributed by atoms with Crippen LogP contribution in [-0.4, -0.2) is 20.8 Å².